The minimum atomic E-state index is -0.0685. The van der Waals surface area contributed by atoms with Crippen LogP contribution in [0.25, 0.3) is 0 Å². The second-order valence-electron chi connectivity index (χ2n) is 11.3. The van der Waals surface area contributed by atoms with E-state index in [0.29, 0.717) is 18.9 Å². The molecule has 3 heterocycles. The van der Waals surface area contributed by atoms with Crippen LogP contribution in [0.4, 0.5) is 0 Å². The molecule has 1 unspecified atom stereocenters. The number of hydrogen-bond donors (Lipinski definition) is 0. The second-order valence-corrected chi connectivity index (χ2v) is 11.8. The van der Waals surface area contributed by atoms with Crippen LogP contribution in [-0.4, -0.2) is 70.3 Å². The largest absolute Gasteiger partial charge is 0.343 e. The van der Waals surface area contributed by atoms with E-state index in [-0.39, 0.29) is 29.3 Å². The molecule has 0 spiro atoms. The molecule has 2 aliphatic rings. The van der Waals surface area contributed by atoms with Crippen LogP contribution in [0.1, 0.15) is 64.3 Å². The number of rotatable bonds is 5. The first kappa shape index (κ1) is 26.6. The third-order valence-corrected chi connectivity index (χ3v) is 8.03. The number of pyridine rings is 1. The third-order valence-electron chi connectivity index (χ3n) is 7.77. The van der Waals surface area contributed by atoms with Crippen LogP contribution < -0.4 is 0 Å². The predicted octanol–water partition coefficient (Wildman–Crippen LogP) is 5.03. The van der Waals surface area contributed by atoms with Gasteiger partial charge in [0.1, 0.15) is 0 Å². The van der Waals surface area contributed by atoms with E-state index >= 15 is 0 Å². The Morgan fingerprint density at radius 3 is 2.31 bits per heavy atom. The summed E-state index contributed by atoms with van der Waals surface area (Å²) >= 11 is 6.20. The summed E-state index contributed by atoms with van der Waals surface area (Å²) in [5.74, 6) is 0.727. The third kappa shape index (κ3) is 6.27. The number of aromatic nitrogens is 1. The summed E-state index contributed by atoms with van der Waals surface area (Å²) in [5.41, 5.74) is 2.09. The molecule has 2 fully saturated rings. The first-order valence-electron chi connectivity index (χ1n) is 13.1. The van der Waals surface area contributed by atoms with Crippen LogP contribution in [0.2, 0.25) is 5.02 Å². The van der Waals surface area contributed by atoms with Crippen molar-refractivity contribution < 1.29 is 9.59 Å². The normalized spacial score (nSPS) is 20.9. The van der Waals surface area contributed by atoms with Gasteiger partial charge in [0.05, 0.1) is 11.7 Å². The number of likely N-dealkylation sites (tertiary alicyclic amines) is 1. The molecule has 36 heavy (non-hydrogen) atoms. The highest BCUT2D eigenvalue weighted by Crippen LogP contribution is 2.35. The molecular weight excluding hydrogens is 472 g/mol. The first-order chi connectivity index (χ1) is 17.1. The lowest BCUT2D eigenvalue weighted by molar-refractivity contribution is -0.141. The molecule has 0 radical (unpaired) electrons. The SMILES string of the molecule is CC(=O)N1CCC(CC(=O)N2CCN(C(c3ccc(Cl)cc3)c3ccccn3)C[C@@H]2C(C)(C)C)CC1. The zero-order chi connectivity index (χ0) is 25.9. The van der Waals surface area contributed by atoms with Gasteiger partial charge in [0, 0.05) is 63.3 Å². The highest BCUT2D eigenvalue weighted by molar-refractivity contribution is 6.30. The van der Waals surface area contributed by atoms with Gasteiger partial charge in [0.2, 0.25) is 11.8 Å². The summed E-state index contributed by atoms with van der Waals surface area (Å²) in [6, 6.07) is 14.2. The molecule has 2 atom stereocenters. The van der Waals surface area contributed by atoms with E-state index in [4.69, 9.17) is 16.6 Å². The van der Waals surface area contributed by atoms with E-state index in [0.717, 1.165) is 55.3 Å². The molecule has 0 aliphatic carbocycles. The fraction of sp³-hybridized carbons (Fsp3) is 0.552. The molecule has 194 valence electrons. The van der Waals surface area contributed by atoms with E-state index in [1.54, 1.807) is 6.92 Å². The number of carbonyl (C=O) groups is 2. The topological polar surface area (TPSA) is 56.8 Å². The van der Waals surface area contributed by atoms with Crippen LogP contribution in [0, 0.1) is 11.3 Å². The first-order valence-corrected chi connectivity index (χ1v) is 13.5. The highest BCUT2D eigenvalue weighted by Gasteiger charge is 2.41. The van der Waals surface area contributed by atoms with Crippen molar-refractivity contribution in [2.75, 3.05) is 32.7 Å². The maximum Gasteiger partial charge on any atom is 0.223 e. The summed E-state index contributed by atoms with van der Waals surface area (Å²) in [6.07, 6.45) is 4.23. The van der Waals surface area contributed by atoms with Crippen molar-refractivity contribution >= 4 is 23.4 Å². The smallest absolute Gasteiger partial charge is 0.223 e. The summed E-state index contributed by atoms with van der Waals surface area (Å²) in [7, 11) is 0. The lowest BCUT2D eigenvalue weighted by Gasteiger charge is -2.49. The monoisotopic (exact) mass is 510 g/mol. The predicted molar refractivity (Wildman–Crippen MR) is 144 cm³/mol. The lowest BCUT2D eigenvalue weighted by Crippen LogP contribution is -2.60. The van der Waals surface area contributed by atoms with Gasteiger partial charge in [-0.15, -0.1) is 0 Å². The number of carbonyl (C=O) groups excluding carboxylic acids is 2. The molecule has 1 aromatic heterocycles. The molecule has 7 heteroatoms. The number of nitrogens with zero attached hydrogens (tertiary/aromatic N) is 4. The Bertz CT molecular complexity index is 1030. The van der Waals surface area contributed by atoms with Crippen LogP contribution >= 0.6 is 11.6 Å². The van der Waals surface area contributed by atoms with Crippen molar-refractivity contribution in [3.05, 3.63) is 64.9 Å². The van der Waals surface area contributed by atoms with Gasteiger partial charge in [-0.25, -0.2) is 0 Å². The maximum absolute atomic E-state index is 13.6. The van der Waals surface area contributed by atoms with Gasteiger partial charge in [-0.05, 0) is 54.0 Å². The summed E-state index contributed by atoms with van der Waals surface area (Å²) in [6.45, 7) is 12.1. The van der Waals surface area contributed by atoms with E-state index < -0.39 is 0 Å². The number of amides is 2. The van der Waals surface area contributed by atoms with Crippen LogP contribution in [0.5, 0.6) is 0 Å². The molecule has 0 bridgehead atoms. The standard InChI is InChI=1S/C29H39ClN4O2/c1-21(35)32-15-12-22(13-16-32)19-27(36)34-18-17-33(20-26(34)29(2,3)4)28(25-7-5-6-14-31-25)23-8-10-24(30)11-9-23/h5-11,14,22,26,28H,12-13,15-20H2,1-4H3/t26-,28?/m1/s1. The second kappa shape index (κ2) is 11.3. The van der Waals surface area contributed by atoms with Crippen molar-refractivity contribution in [2.24, 2.45) is 11.3 Å². The lowest BCUT2D eigenvalue weighted by atomic mass is 9.82. The van der Waals surface area contributed by atoms with Crippen LogP contribution in [-0.2, 0) is 9.59 Å². The van der Waals surface area contributed by atoms with Gasteiger partial charge < -0.3 is 9.80 Å². The van der Waals surface area contributed by atoms with Gasteiger partial charge in [0.25, 0.3) is 0 Å². The molecule has 2 amide bonds. The Kier molecular flexibility index (Phi) is 8.36. The van der Waals surface area contributed by atoms with E-state index in [1.807, 2.05) is 35.4 Å². The van der Waals surface area contributed by atoms with Crippen molar-refractivity contribution in [2.45, 2.75) is 59.0 Å². The molecule has 0 N–H and O–H groups in total. The quantitative estimate of drug-likeness (QED) is 0.566. The Morgan fingerprint density at radius 2 is 1.72 bits per heavy atom. The fourth-order valence-electron chi connectivity index (χ4n) is 5.65. The number of piperidine rings is 1. The van der Waals surface area contributed by atoms with Gasteiger partial charge >= 0.3 is 0 Å². The average Bonchev–Trinajstić information content (AvgIpc) is 2.86. The van der Waals surface area contributed by atoms with Crippen molar-refractivity contribution in [3.8, 4) is 0 Å². The zero-order valence-electron chi connectivity index (χ0n) is 22.0. The average molecular weight is 511 g/mol. The molecule has 4 rings (SSSR count). The molecule has 0 saturated carbocycles. The molecule has 1 aromatic carbocycles. The molecule has 2 saturated heterocycles. The van der Waals surface area contributed by atoms with E-state index in [1.165, 1.54) is 0 Å². The minimum Gasteiger partial charge on any atom is -0.343 e. The van der Waals surface area contributed by atoms with Gasteiger partial charge in [-0.3, -0.25) is 19.5 Å². The van der Waals surface area contributed by atoms with E-state index in [9.17, 15) is 9.59 Å². The molecule has 6 nitrogen and oxygen atoms in total. The Labute approximate surface area is 220 Å². The molecular formula is C29H39ClN4O2. The Morgan fingerprint density at radius 1 is 1.03 bits per heavy atom. The van der Waals surface area contributed by atoms with Crippen molar-refractivity contribution in [3.63, 3.8) is 0 Å². The number of piperazine rings is 1. The van der Waals surface area contributed by atoms with Crippen molar-refractivity contribution in [1.82, 2.24) is 19.7 Å². The summed E-state index contributed by atoms with van der Waals surface area (Å²) in [5, 5.41) is 0.718. The minimum absolute atomic E-state index is 0.00137. The molecule has 2 aliphatic heterocycles. The Balaban J connectivity index is 1.52. The molecule has 2 aromatic rings. The summed E-state index contributed by atoms with van der Waals surface area (Å²) in [4.78, 5) is 36.5. The van der Waals surface area contributed by atoms with Crippen molar-refractivity contribution in [1.29, 1.82) is 0 Å². The van der Waals surface area contributed by atoms with Gasteiger partial charge in [-0.2, -0.15) is 0 Å². The van der Waals surface area contributed by atoms with Crippen LogP contribution in [0.15, 0.2) is 48.7 Å². The highest BCUT2D eigenvalue weighted by atomic mass is 35.5. The fourth-order valence-corrected chi connectivity index (χ4v) is 5.77. The number of halogens is 1. The summed E-state index contributed by atoms with van der Waals surface area (Å²) < 4.78 is 0. The van der Waals surface area contributed by atoms with E-state index in [2.05, 4.69) is 48.8 Å². The van der Waals surface area contributed by atoms with Gasteiger partial charge in [-0.1, -0.05) is 50.6 Å². The zero-order valence-corrected chi connectivity index (χ0v) is 22.7. The number of benzene rings is 1. The Hall–Kier alpha value is -2.44. The van der Waals surface area contributed by atoms with Crippen LogP contribution in [0.3, 0.4) is 0 Å². The maximum atomic E-state index is 13.6. The van der Waals surface area contributed by atoms with Gasteiger partial charge in [0.15, 0.2) is 0 Å². The number of hydrogen-bond acceptors (Lipinski definition) is 4.